The van der Waals surface area contributed by atoms with E-state index in [1.54, 1.807) is 22.4 Å². The molecule has 3 heterocycles. The highest BCUT2D eigenvalue weighted by atomic mass is 32.1. The lowest BCUT2D eigenvalue weighted by molar-refractivity contribution is -0.121. The fourth-order valence-corrected chi connectivity index (χ4v) is 3.85. The molecular formula is C18H19N7O2S. The first kappa shape index (κ1) is 18.2. The van der Waals surface area contributed by atoms with Crippen molar-refractivity contribution < 1.29 is 9.59 Å². The minimum Gasteiger partial charge on any atom is -0.325 e. The SMILES string of the molecule is Cc1nc(C(=O)N2CCCC[C@H]2C(=O)Nc2ccc(-n3cnnn3)cc2)cs1. The van der Waals surface area contributed by atoms with Crippen LogP contribution in [0.15, 0.2) is 36.0 Å². The minimum absolute atomic E-state index is 0.182. The van der Waals surface area contributed by atoms with Crippen molar-refractivity contribution in [3.8, 4) is 5.69 Å². The van der Waals surface area contributed by atoms with Crippen LogP contribution in [0.1, 0.15) is 34.8 Å². The van der Waals surface area contributed by atoms with Gasteiger partial charge in [0, 0.05) is 17.6 Å². The molecule has 0 unspecified atom stereocenters. The molecule has 0 radical (unpaired) electrons. The zero-order valence-corrected chi connectivity index (χ0v) is 16.1. The molecule has 1 N–H and O–H groups in total. The molecule has 144 valence electrons. The Labute approximate surface area is 165 Å². The maximum Gasteiger partial charge on any atom is 0.274 e. The number of thiazole rings is 1. The molecule has 2 aromatic heterocycles. The predicted molar refractivity (Wildman–Crippen MR) is 103 cm³/mol. The van der Waals surface area contributed by atoms with Crippen molar-refractivity contribution in [2.45, 2.75) is 32.2 Å². The molecule has 28 heavy (non-hydrogen) atoms. The second-order valence-electron chi connectivity index (χ2n) is 6.55. The molecule has 1 fully saturated rings. The number of nitrogens with one attached hydrogen (secondary N) is 1. The van der Waals surface area contributed by atoms with Gasteiger partial charge >= 0.3 is 0 Å². The molecule has 0 spiro atoms. The van der Waals surface area contributed by atoms with E-state index in [2.05, 4.69) is 25.8 Å². The third-order valence-corrected chi connectivity index (χ3v) is 5.43. The van der Waals surface area contributed by atoms with Gasteiger partial charge in [0.15, 0.2) is 0 Å². The van der Waals surface area contributed by atoms with Gasteiger partial charge in [0.25, 0.3) is 5.91 Å². The summed E-state index contributed by atoms with van der Waals surface area (Å²) in [5.41, 5.74) is 1.86. The molecule has 1 aliphatic heterocycles. The summed E-state index contributed by atoms with van der Waals surface area (Å²) in [4.78, 5) is 31.6. The van der Waals surface area contributed by atoms with Crippen LogP contribution in [-0.2, 0) is 4.79 Å². The summed E-state index contributed by atoms with van der Waals surface area (Å²) in [7, 11) is 0. The van der Waals surface area contributed by atoms with E-state index in [-0.39, 0.29) is 11.8 Å². The lowest BCUT2D eigenvalue weighted by Gasteiger charge is -2.34. The van der Waals surface area contributed by atoms with Crippen molar-refractivity contribution in [1.82, 2.24) is 30.1 Å². The van der Waals surface area contributed by atoms with Crippen molar-refractivity contribution in [3.63, 3.8) is 0 Å². The fraction of sp³-hybridized carbons (Fsp3) is 0.333. The van der Waals surface area contributed by atoms with Crippen LogP contribution < -0.4 is 5.32 Å². The lowest BCUT2D eigenvalue weighted by Crippen LogP contribution is -2.50. The Morgan fingerprint density at radius 1 is 1.21 bits per heavy atom. The van der Waals surface area contributed by atoms with Gasteiger partial charge in [-0.2, -0.15) is 0 Å². The maximum absolute atomic E-state index is 12.9. The Morgan fingerprint density at radius 2 is 2.04 bits per heavy atom. The van der Waals surface area contributed by atoms with Crippen LogP contribution in [0.3, 0.4) is 0 Å². The first-order valence-corrected chi connectivity index (χ1v) is 9.87. The lowest BCUT2D eigenvalue weighted by atomic mass is 10.0. The van der Waals surface area contributed by atoms with Gasteiger partial charge in [-0.1, -0.05) is 0 Å². The number of amides is 2. The van der Waals surface area contributed by atoms with Crippen molar-refractivity contribution >= 4 is 28.8 Å². The van der Waals surface area contributed by atoms with Crippen molar-refractivity contribution in [2.24, 2.45) is 0 Å². The van der Waals surface area contributed by atoms with E-state index in [1.807, 2.05) is 19.1 Å². The fourth-order valence-electron chi connectivity index (χ4n) is 3.26. The number of aromatic nitrogens is 5. The number of nitrogens with zero attached hydrogens (tertiary/aromatic N) is 6. The molecule has 0 saturated carbocycles. The van der Waals surface area contributed by atoms with E-state index in [0.717, 1.165) is 23.5 Å². The molecule has 0 aliphatic carbocycles. The molecule has 9 nitrogen and oxygen atoms in total. The van der Waals surface area contributed by atoms with Crippen molar-refractivity contribution in [3.05, 3.63) is 46.7 Å². The van der Waals surface area contributed by atoms with E-state index in [0.29, 0.717) is 24.3 Å². The van der Waals surface area contributed by atoms with E-state index >= 15 is 0 Å². The third-order valence-electron chi connectivity index (χ3n) is 4.65. The highest BCUT2D eigenvalue weighted by Crippen LogP contribution is 2.22. The number of piperidine rings is 1. The number of aryl methyl sites for hydroxylation is 1. The second kappa shape index (κ2) is 7.85. The first-order chi connectivity index (χ1) is 13.6. The third kappa shape index (κ3) is 3.77. The predicted octanol–water partition coefficient (Wildman–Crippen LogP) is 2.06. The molecule has 3 aromatic rings. The Morgan fingerprint density at radius 3 is 2.71 bits per heavy atom. The topological polar surface area (TPSA) is 106 Å². The minimum atomic E-state index is -0.498. The van der Waals surface area contributed by atoms with E-state index in [9.17, 15) is 9.59 Å². The Kier molecular flexibility index (Phi) is 5.11. The van der Waals surface area contributed by atoms with Gasteiger partial charge < -0.3 is 10.2 Å². The molecule has 4 rings (SSSR count). The normalized spacial score (nSPS) is 16.8. The smallest absolute Gasteiger partial charge is 0.274 e. The zero-order valence-electron chi connectivity index (χ0n) is 15.3. The molecule has 1 aromatic carbocycles. The quantitative estimate of drug-likeness (QED) is 0.722. The van der Waals surface area contributed by atoms with Crippen LogP contribution >= 0.6 is 11.3 Å². The van der Waals surface area contributed by atoms with Gasteiger partial charge in [-0.25, -0.2) is 9.67 Å². The number of benzene rings is 1. The molecule has 1 aliphatic rings. The average Bonchev–Trinajstić information content (AvgIpc) is 3.40. The maximum atomic E-state index is 12.9. The van der Waals surface area contributed by atoms with E-state index in [4.69, 9.17) is 0 Å². The number of hydrogen-bond donors (Lipinski definition) is 1. The zero-order chi connectivity index (χ0) is 19.5. The second-order valence-corrected chi connectivity index (χ2v) is 7.61. The largest absolute Gasteiger partial charge is 0.325 e. The van der Waals surface area contributed by atoms with E-state index in [1.165, 1.54) is 22.3 Å². The van der Waals surface area contributed by atoms with Crippen LogP contribution in [0.2, 0.25) is 0 Å². The first-order valence-electron chi connectivity index (χ1n) is 8.99. The summed E-state index contributed by atoms with van der Waals surface area (Å²) >= 11 is 1.43. The van der Waals surface area contributed by atoms with E-state index < -0.39 is 6.04 Å². The van der Waals surface area contributed by atoms with Crippen molar-refractivity contribution in [2.75, 3.05) is 11.9 Å². The summed E-state index contributed by atoms with van der Waals surface area (Å²) in [6.45, 7) is 2.42. The summed E-state index contributed by atoms with van der Waals surface area (Å²) in [5, 5.41) is 16.5. The Balaban J connectivity index is 1.47. The highest BCUT2D eigenvalue weighted by Gasteiger charge is 2.33. The van der Waals surface area contributed by atoms with Gasteiger partial charge in [-0.3, -0.25) is 9.59 Å². The summed E-state index contributed by atoms with van der Waals surface area (Å²) in [6, 6.07) is 6.70. The highest BCUT2D eigenvalue weighted by molar-refractivity contribution is 7.09. The summed E-state index contributed by atoms with van der Waals surface area (Å²) in [6.07, 6.45) is 3.94. The van der Waals surface area contributed by atoms with Gasteiger partial charge in [0.1, 0.15) is 18.1 Å². The van der Waals surface area contributed by atoms with Crippen molar-refractivity contribution in [1.29, 1.82) is 0 Å². The monoisotopic (exact) mass is 397 g/mol. The number of carbonyl (C=O) groups excluding carboxylic acids is 2. The number of rotatable bonds is 4. The number of carbonyl (C=O) groups is 2. The van der Waals surface area contributed by atoms with Gasteiger partial charge in [-0.05, 0) is 60.9 Å². The number of tetrazole rings is 1. The summed E-state index contributed by atoms with van der Waals surface area (Å²) in [5.74, 6) is -0.367. The number of hydrogen-bond acceptors (Lipinski definition) is 7. The van der Waals surface area contributed by atoms with Crippen LogP contribution in [0, 0.1) is 6.92 Å². The molecule has 10 heteroatoms. The summed E-state index contributed by atoms with van der Waals surface area (Å²) < 4.78 is 1.53. The molecule has 1 saturated heterocycles. The Hall–Kier alpha value is -3.14. The number of likely N-dealkylation sites (tertiary alicyclic amines) is 1. The number of anilines is 1. The van der Waals surface area contributed by atoms with Crippen LogP contribution in [0.4, 0.5) is 5.69 Å². The van der Waals surface area contributed by atoms with Crippen LogP contribution in [0.5, 0.6) is 0 Å². The average molecular weight is 397 g/mol. The molecule has 1 atom stereocenters. The van der Waals surface area contributed by atoms with Gasteiger partial charge in [0.2, 0.25) is 5.91 Å². The standard InChI is InChI=1S/C18H19N7O2S/c1-12-20-15(10-28-12)18(27)24-9-3-2-4-16(24)17(26)21-13-5-7-14(8-6-13)25-11-19-22-23-25/h5-8,10-11,16H,2-4,9H2,1H3,(H,21,26)/t16-/m0/s1. The molecular weight excluding hydrogens is 378 g/mol. The van der Waals surface area contributed by atoms with Crippen LogP contribution in [0.25, 0.3) is 5.69 Å². The van der Waals surface area contributed by atoms with Gasteiger partial charge in [-0.15, -0.1) is 16.4 Å². The Bertz CT molecular complexity index is 968. The van der Waals surface area contributed by atoms with Crippen LogP contribution in [-0.4, -0.2) is 54.5 Å². The molecule has 2 amide bonds. The molecule has 0 bridgehead atoms. The van der Waals surface area contributed by atoms with Gasteiger partial charge in [0.05, 0.1) is 10.7 Å².